The van der Waals surface area contributed by atoms with Gasteiger partial charge in [0.15, 0.2) is 11.5 Å². The molecule has 0 unspecified atom stereocenters. The molecule has 30 heavy (non-hydrogen) atoms. The molecule has 0 saturated carbocycles. The number of benzene rings is 2. The highest BCUT2D eigenvalue weighted by molar-refractivity contribution is 5.95. The van der Waals surface area contributed by atoms with Crippen LogP contribution in [0.1, 0.15) is 41.8 Å². The first kappa shape index (κ1) is 21.5. The Morgan fingerprint density at radius 2 is 1.57 bits per heavy atom. The average Bonchev–Trinajstić information content (AvgIpc) is 3.16. The van der Waals surface area contributed by atoms with Gasteiger partial charge in [0.2, 0.25) is 0 Å². The van der Waals surface area contributed by atoms with Crippen molar-refractivity contribution < 1.29 is 19.1 Å². The van der Waals surface area contributed by atoms with E-state index in [1.165, 1.54) is 0 Å². The summed E-state index contributed by atoms with van der Waals surface area (Å²) in [6.07, 6.45) is 0.940. The van der Waals surface area contributed by atoms with Gasteiger partial charge >= 0.3 is 6.03 Å². The van der Waals surface area contributed by atoms with Crippen molar-refractivity contribution in [3.05, 3.63) is 53.1 Å². The van der Waals surface area contributed by atoms with E-state index in [9.17, 15) is 9.59 Å². The highest BCUT2D eigenvalue weighted by Gasteiger charge is 2.25. The van der Waals surface area contributed by atoms with Crippen LogP contribution in [-0.4, -0.2) is 37.6 Å². The van der Waals surface area contributed by atoms with Gasteiger partial charge in [-0.1, -0.05) is 13.8 Å². The van der Waals surface area contributed by atoms with Gasteiger partial charge in [0.25, 0.3) is 5.91 Å². The largest absolute Gasteiger partial charge is 0.493 e. The predicted octanol–water partition coefficient (Wildman–Crippen LogP) is 4.03. The molecule has 0 aromatic heterocycles. The molecule has 7 heteroatoms. The highest BCUT2D eigenvalue weighted by atomic mass is 16.5. The molecule has 0 saturated heterocycles. The molecule has 1 heterocycles. The molecule has 160 valence electrons. The van der Waals surface area contributed by atoms with Crippen LogP contribution < -0.4 is 20.1 Å². The molecule has 2 N–H and O–H groups in total. The number of rotatable bonds is 7. The molecule has 0 fully saturated rings. The fourth-order valence-corrected chi connectivity index (χ4v) is 3.35. The van der Waals surface area contributed by atoms with Crippen molar-refractivity contribution in [2.24, 2.45) is 5.92 Å². The molecule has 0 radical (unpaired) electrons. The van der Waals surface area contributed by atoms with Crippen molar-refractivity contribution in [2.75, 3.05) is 26.1 Å². The van der Waals surface area contributed by atoms with Crippen LogP contribution in [-0.2, 0) is 13.1 Å². The lowest BCUT2D eigenvalue weighted by Crippen LogP contribution is -2.30. The zero-order chi connectivity index (χ0) is 21.7. The summed E-state index contributed by atoms with van der Waals surface area (Å²) < 4.78 is 10.7. The minimum atomic E-state index is -0.196. The quantitative estimate of drug-likeness (QED) is 0.721. The van der Waals surface area contributed by atoms with Crippen molar-refractivity contribution >= 4 is 17.6 Å². The van der Waals surface area contributed by atoms with E-state index in [4.69, 9.17) is 9.47 Å². The van der Waals surface area contributed by atoms with Gasteiger partial charge in [0.05, 0.1) is 14.2 Å². The van der Waals surface area contributed by atoms with Crippen LogP contribution in [0, 0.1) is 5.92 Å². The van der Waals surface area contributed by atoms with Gasteiger partial charge in [-0.15, -0.1) is 0 Å². The van der Waals surface area contributed by atoms with E-state index in [0.717, 1.165) is 17.5 Å². The molecule has 0 bridgehead atoms. The van der Waals surface area contributed by atoms with Gasteiger partial charge in [0.1, 0.15) is 0 Å². The van der Waals surface area contributed by atoms with E-state index in [1.54, 1.807) is 43.4 Å². The van der Waals surface area contributed by atoms with Crippen LogP contribution in [0.3, 0.4) is 0 Å². The number of methoxy groups -OCH3 is 2. The molecule has 1 aliphatic rings. The third kappa shape index (κ3) is 5.03. The molecule has 3 rings (SSSR count). The predicted molar refractivity (Wildman–Crippen MR) is 116 cm³/mol. The molecule has 3 amide bonds. The summed E-state index contributed by atoms with van der Waals surface area (Å²) in [5, 5.41) is 5.80. The van der Waals surface area contributed by atoms with Gasteiger partial charge in [-0.3, -0.25) is 4.79 Å². The Balaban J connectivity index is 1.58. The van der Waals surface area contributed by atoms with E-state index < -0.39 is 0 Å². The lowest BCUT2D eigenvalue weighted by atomic mass is 10.1. The highest BCUT2D eigenvalue weighted by Crippen LogP contribution is 2.35. The third-order valence-electron chi connectivity index (χ3n) is 5.12. The molecule has 0 atom stereocenters. The number of anilines is 1. The molecule has 1 aliphatic heterocycles. The number of nitrogens with zero attached hydrogens (tertiary/aromatic N) is 1. The van der Waals surface area contributed by atoms with E-state index >= 15 is 0 Å². The Kier molecular flexibility index (Phi) is 6.82. The van der Waals surface area contributed by atoms with Crippen LogP contribution in [0.2, 0.25) is 0 Å². The number of carbonyl (C=O) groups excluding carboxylic acids is 2. The van der Waals surface area contributed by atoms with Crippen LogP contribution >= 0.6 is 0 Å². The van der Waals surface area contributed by atoms with Crippen molar-refractivity contribution in [2.45, 2.75) is 33.4 Å². The van der Waals surface area contributed by atoms with E-state index in [0.29, 0.717) is 48.3 Å². The number of carbonyl (C=O) groups is 2. The Bertz CT molecular complexity index is 876. The number of hydrogen-bond donors (Lipinski definition) is 2. The lowest BCUT2D eigenvalue weighted by molar-refractivity contribution is 0.0952. The molecule has 2 aromatic rings. The summed E-state index contributed by atoms with van der Waals surface area (Å²) >= 11 is 0. The van der Waals surface area contributed by atoms with E-state index in [2.05, 4.69) is 24.5 Å². The minimum absolute atomic E-state index is 0.105. The first-order valence-electron chi connectivity index (χ1n) is 10.1. The molecular formula is C23H29N3O4. The smallest absolute Gasteiger partial charge is 0.322 e. The summed E-state index contributed by atoms with van der Waals surface area (Å²) in [4.78, 5) is 26.6. The second kappa shape index (κ2) is 9.52. The average molecular weight is 412 g/mol. The van der Waals surface area contributed by atoms with Crippen molar-refractivity contribution in [1.29, 1.82) is 0 Å². The fraction of sp³-hybridized carbons (Fsp3) is 0.391. The minimum Gasteiger partial charge on any atom is -0.493 e. The van der Waals surface area contributed by atoms with Crippen molar-refractivity contribution in [1.82, 2.24) is 10.2 Å². The van der Waals surface area contributed by atoms with E-state index in [1.807, 2.05) is 12.1 Å². The zero-order valence-electron chi connectivity index (χ0n) is 18.0. The van der Waals surface area contributed by atoms with Gasteiger partial charge in [-0.2, -0.15) is 0 Å². The summed E-state index contributed by atoms with van der Waals surface area (Å²) in [7, 11) is 3.19. The first-order chi connectivity index (χ1) is 14.4. The Labute approximate surface area is 177 Å². The SMILES string of the molecule is COc1cc2c(cc1OC)CN(C(=O)Nc1ccc(C(=O)NCCC(C)C)cc1)C2. The monoisotopic (exact) mass is 411 g/mol. The van der Waals surface area contributed by atoms with Crippen molar-refractivity contribution in [3.63, 3.8) is 0 Å². The van der Waals surface area contributed by atoms with Crippen LogP contribution in [0.25, 0.3) is 0 Å². The normalized spacial score (nSPS) is 12.5. The van der Waals surface area contributed by atoms with Crippen LogP contribution in [0.4, 0.5) is 10.5 Å². The number of fused-ring (bicyclic) bond motifs is 1. The molecule has 0 spiro atoms. The number of hydrogen-bond acceptors (Lipinski definition) is 4. The Morgan fingerprint density at radius 3 is 2.07 bits per heavy atom. The maximum absolute atomic E-state index is 12.7. The molecular weight excluding hydrogens is 382 g/mol. The lowest BCUT2D eigenvalue weighted by Gasteiger charge is -2.16. The summed E-state index contributed by atoms with van der Waals surface area (Å²) in [5.41, 5.74) is 3.29. The molecule has 0 aliphatic carbocycles. The zero-order valence-corrected chi connectivity index (χ0v) is 18.0. The van der Waals surface area contributed by atoms with Gasteiger partial charge < -0.3 is 25.0 Å². The number of nitrogens with one attached hydrogen (secondary N) is 2. The first-order valence-corrected chi connectivity index (χ1v) is 10.1. The summed E-state index contributed by atoms with van der Waals surface area (Å²) in [5.74, 6) is 1.75. The second-order valence-electron chi connectivity index (χ2n) is 7.78. The molecule has 7 nitrogen and oxygen atoms in total. The van der Waals surface area contributed by atoms with Gasteiger partial charge in [-0.25, -0.2) is 4.79 Å². The maximum Gasteiger partial charge on any atom is 0.322 e. The summed E-state index contributed by atoms with van der Waals surface area (Å²) in [6.45, 7) is 5.89. The second-order valence-corrected chi connectivity index (χ2v) is 7.78. The number of ether oxygens (including phenoxy) is 2. The van der Waals surface area contributed by atoms with E-state index in [-0.39, 0.29) is 11.9 Å². The van der Waals surface area contributed by atoms with Crippen LogP contribution in [0.5, 0.6) is 11.5 Å². The topological polar surface area (TPSA) is 79.9 Å². The fourth-order valence-electron chi connectivity index (χ4n) is 3.35. The van der Waals surface area contributed by atoms with Crippen molar-refractivity contribution in [3.8, 4) is 11.5 Å². The van der Waals surface area contributed by atoms with Gasteiger partial charge in [-0.05, 0) is 59.9 Å². The molecule has 2 aromatic carbocycles. The summed E-state index contributed by atoms with van der Waals surface area (Å²) in [6, 6.07) is 10.5. The third-order valence-corrected chi connectivity index (χ3v) is 5.12. The Morgan fingerprint density at radius 1 is 1.00 bits per heavy atom. The standard InChI is InChI=1S/C23H29N3O4/c1-15(2)9-10-24-22(27)16-5-7-19(8-6-16)25-23(28)26-13-17-11-20(29-3)21(30-4)12-18(17)14-26/h5-8,11-12,15H,9-10,13-14H2,1-4H3,(H,24,27)(H,25,28). The maximum atomic E-state index is 12.7. The number of urea groups is 1. The number of amides is 3. The Hall–Kier alpha value is -3.22. The van der Waals surface area contributed by atoms with Gasteiger partial charge in [0, 0.05) is 30.9 Å². The van der Waals surface area contributed by atoms with Crippen LogP contribution in [0.15, 0.2) is 36.4 Å².